The van der Waals surface area contributed by atoms with Crippen molar-refractivity contribution in [3.05, 3.63) is 29.7 Å². The zero-order valence-corrected chi connectivity index (χ0v) is 15.8. The van der Waals surface area contributed by atoms with Crippen LogP contribution in [-0.2, 0) is 0 Å². The summed E-state index contributed by atoms with van der Waals surface area (Å²) in [6, 6.07) is 3.99. The van der Waals surface area contributed by atoms with Crippen molar-refractivity contribution in [2.45, 2.75) is 57.5 Å². The minimum absolute atomic E-state index is 0.0399. The van der Waals surface area contributed by atoms with E-state index in [4.69, 9.17) is 0 Å². The van der Waals surface area contributed by atoms with Gasteiger partial charge in [0.05, 0.1) is 5.56 Å². The van der Waals surface area contributed by atoms with Gasteiger partial charge in [-0.05, 0) is 51.7 Å². The van der Waals surface area contributed by atoms with Crippen LogP contribution in [0.25, 0.3) is 5.65 Å². The Morgan fingerprint density at radius 2 is 2.00 bits per heavy atom. The van der Waals surface area contributed by atoms with Crippen LogP contribution in [0.4, 0.5) is 4.79 Å². The number of rotatable bonds is 4. The van der Waals surface area contributed by atoms with E-state index in [0.29, 0.717) is 24.7 Å². The van der Waals surface area contributed by atoms with Gasteiger partial charge in [-0.1, -0.05) is 0 Å². The molecule has 3 heterocycles. The Morgan fingerprint density at radius 3 is 2.70 bits per heavy atom. The molecule has 1 aliphatic heterocycles. The smallest absolute Gasteiger partial charge is 0.317 e. The van der Waals surface area contributed by atoms with Crippen LogP contribution in [0, 0.1) is 0 Å². The van der Waals surface area contributed by atoms with Crippen LogP contribution in [0.2, 0.25) is 0 Å². The molecule has 0 spiro atoms. The fraction of sp³-hybridized carbons (Fsp3) is 0.579. The Kier molecular flexibility index (Phi) is 4.72. The highest BCUT2D eigenvalue weighted by Gasteiger charge is 2.31. The Morgan fingerprint density at radius 1 is 1.19 bits per heavy atom. The maximum atomic E-state index is 12.5. The molecule has 1 saturated heterocycles. The maximum absolute atomic E-state index is 12.5. The van der Waals surface area contributed by atoms with Gasteiger partial charge in [0.1, 0.15) is 5.82 Å². The van der Waals surface area contributed by atoms with E-state index in [1.807, 2.05) is 35.4 Å². The Labute approximate surface area is 158 Å². The van der Waals surface area contributed by atoms with Gasteiger partial charge in [-0.3, -0.25) is 9.20 Å². The van der Waals surface area contributed by atoms with Crippen molar-refractivity contribution < 1.29 is 9.59 Å². The van der Waals surface area contributed by atoms with Crippen molar-refractivity contribution in [2.75, 3.05) is 13.1 Å². The number of hydrogen-bond acceptors (Lipinski definition) is 4. The average molecular weight is 370 g/mol. The van der Waals surface area contributed by atoms with E-state index in [0.717, 1.165) is 30.7 Å². The molecule has 144 valence electrons. The van der Waals surface area contributed by atoms with Crippen molar-refractivity contribution in [3.8, 4) is 0 Å². The van der Waals surface area contributed by atoms with E-state index in [2.05, 4.69) is 20.8 Å². The third kappa shape index (κ3) is 3.61. The summed E-state index contributed by atoms with van der Waals surface area (Å²) in [6.07, 6.45) is 5.95. The molecule has 2 fully saturated rings. The number of nitrogens with zero attached hydrogens (tertiary/aromatic N) is 4. The molecule has 0 bridgehead atoms. The highest BCUT2D eigenvalue weighted by Crippen LogP contribution is 2.26. The van der Waals surface area contributed by atoms with Crippen LogP contribution < -0.4 is 10.6 Å². The van der Waals surface area contributed by atoms with Gasteiger partial charge in [0.2, 0.25) is 0 Å². The summed E-state index contributed by atoms with van der Waals surface area (Å²) in [5.41, 5.74) is 1.33. The molecule has 27 heavy (non-hydrogen) atoms. The summed E-state index contributed by atoms with van der Waals surface area (Å²) in [5.74, 6) is 0.872. The number of nitrogens with one attached hydrogen (secondary N) is 2. The second-order valence-corrected chi connectivity index (χ2v) is 7.84. The monoisotopic (exact) mass is 370 g/mol. The van der Waals surface area contributed by atoms with E-state index in [1.165, 1.54) is 6.42 Å². The number of amides is 3. The van der Waals surface area contributed by atoms with Gasteiger partial charge in [0.25, 0.3) is 5.91 Å². The number of pyridine rings is 1. The molecule has 1 atom stereocenters. The lowest BCUT2D eigenvalue weighted by atomic mass is 9.93. The molecule has 0 aromatic carbocycles. The average Bonchev–Trinajstić information content (AvgIpc) is 3.23. The zero-order valence-electron chi connectivity index (χ0n) is 15.8. The zero-order chi connectivity index (χ0) is 19.0. The molecule has 4 rings (SSSR count). The highest BCUT2D eigenvalue weighted by atomic mass is 16.2. The molecule has 1 aliphatic carbocycles. The number of urea groups is 1. The van der Waals surface area contributed by atoms with E-state index in [-0.39, 0.29) is 23.9 Å². The lowest BCUT2D eigenvalue weighted by molar-refractivity contribution is 0.0916. The predicted octanol–water partition coefficient (Wildman–Crippen LogP) is 1.92. The first-order valence-corrected chi connectivity index (χ1v) is 9.72. The van der Waals surface area contributed by atoms with Crippen LogP contribution in [0.15, 0.2) is 18.3 Å². The molecule has 8 nitrogen and oxygen atoms in total. The SMILES string of the molecule is CC(C)NC(=O)N1CCC(c2nnc3ccc(C(=O)NC4CCC4)cn23)C1. The topological polar surface area (TPSA) is 91.6 Å². The number of hydrogen-bond donors (Lipinski definition) is 2. The summed E-state index contributed by atoms with van der Waals surface area (Å²) >= 11 is 0. The summed E-state index contributed by atoms with van der Waals surface area (Å²) in [6.45, 7) is 5.21. The molecule has 3 amide bonds. The maximum Gasteiger partial charge on any atom is 0.317 e. The van der Waals surface area contributed by atoms with Crippen LogP contribution in [0.1, 0.15) is 61.6 Å². The number of aromatic nitrogens is 3. The molecule has 2 aromatic heterocycles. The number of carbonyl (C=O) groups is 2. The van der Waals surface area contributed by atoms with E-state index in [9.17, 15) is 9.59 Å². The van der Waals surface area contributed by atoms with Crippen LogP contribution in [0.3, 0.4) is 0 Å². The molecule has 1 unspecified atom stereocenters. The number of fused-ring (bicyclic) bond motifs is 1. The predicted molar refractivity (Wildman–Crippen MR) is 101 cm³/mol. The molecule has 2 aromatic rings. The van der Waals surface area contributed by atoms with Gasteiger partial charge in [-0.25, -0.2) is 4.79 Å². The van der Waals surface area contributed by atoms with Crippen molar-refractivity contribution in [3.63, 3.8) is 0 Å². The van der Waals surface area contributed by atoms with Gasteiger partial charge in [-0.15, -0.1) is 10.2 Å². The fourth-order valence-electron chi connectivity index (χ4n) is 3.64. The lowest BCUT2D eigenvalue weighted by Crippen LogP contribution is -2.41. The normalized spacial score (nSPS) is 20.1. The van der Waals surface area contributed by atoms with Crippen molar-refractivity contribution >= 4 is 17.6 Å². The minimum atomic E-state index is -0.0504. The fourth-order valence-corrected chi connectivity index (χ4v) is 3.64. The molecule has 2 N–H and O–H groups in total. The lowest BCUT2D eigenvalue weighted by Gasteiger charge is -2.26. The van der Waals surface area contributed by atoms with Gasteiger partial charge in [-0.2, -0.15) is 0 Å². The van der Waals surface area contributed by atoms with Crippen LogP contribution >= 0.6 is 0 Å². The van der Waals surface area contributed by atoms with Gasteiger partial charge < -0.3 is 15.5 Å². The summed E-state index contributed by atoms with van der Waals surface area (Å²) in [7, 11) is 0. The standard InChI is InChI=1S/C19H26N6O2/c1-12(2)20-19(27)24-9-8-13(10-24)17-23-22-16-7-6-14(11-25(16)17)18(26)21-15-4-3-5-15/h6-7,11-13,15H,3-5,8-10H2,1-2H3,(H,20,27)(H,21,26). The summed E-state index contributed by atoms with van der Waals surface area (Å²) in [5, 5.41) is 14.6. The number of likely N-dealkylation sites (tertiary alicyclic amines) is 1. The van der Waals surface area contributed by atoms with Gasteiger partial charge in [0, 0.05) is 37.3 Å². The van der Waals surface area contributed by atoms with E-state index in [1.54, 1.807) is 6.07 Å². The van der Waals surface area contributed by atoms with Crippen LogP contribution in [0.5, 0.6) is 0 Å². The third-order valence-corrected chi connectivity index (χ3v) is 5.38. The minimum Gasteiger partial charge on any atom is -0.349 e. The molecule has 8 heteroatoms. The molecule has 1 saturated carbocycles. The second-order valence-electron chi connectivity index (χ2n) is 7.84. The largest absolute Gasteiger partial charge is 0.349 e. The van der Waals surface area contributed by atoms with Crippen molar-refractivity contribution in [1.29, 1.82) is 0 Å². The Bertz CT molecular complexity index is 857. The van der Waals surface area contributed by atoms with Crippen molar-refractivity contribution in [1.82, 2.24) is 30.1 Å². The first-order valence-electron chi connectivity index (χ1n) is 9.72. The van der Waals surface area contributed by atoms with Crippen LogP contribution in [-0.4, -0.2) is 56.6 Å². The highest BCUT2D eigenvalue weighted by molar-refractivity contribution is 5.94. The Balaban J connectivity index is 1.51. The quantitative estimate of drug-likeness (QED) is 0.860. The van der Waals surface area contributed by atoms with Crippen molar-refractivity contribution in [2.24, 2.45) is 0 Å². The second kappa shape index (κ2) is 7.17. The number of carbonyl (C=O) groups excluding carboxylic acids is 2. The first-order chi connectivity index (χ1) is 13.0. The first kappa shape index (κ1) is 17.8. The molecule has 0 radical (unpaired) electrons. The van der Waals surface area contributed by atoms with E-state index >= 15 is 0 Å². The summed E-state index contributed by atoms with van der Waals surface area (Å²) < 4.78 is 1.89. The molecule has 2 aliphatic rings. The van der Waals surface area contributed by atoms with E-state index < -0.39 is 0 Å². The summed E-state index contributed by atoms with van der Waals surface area (Å²) in [4.78, 5) is 26.5. The third-order valence-electron chi connectivity index (χ3n) is 5.38. The molecular weight excluding hydrogens is 344 g/mol. The molecular formula is C19H26N6O2. The van der Waals surface area contributed by atoms with Gasteiger partial charge >= 0.3 is 6.03 Å². The Hall–Kier alpha value is -2.64. The van der Waals surface area contributed by atoms with Gasteiger partial charge in [0.15, 0.2) is 5.65 Å².